The van der Waals surface area contributed by atoms with Gasteiger partial charge < -0.3 is 14.9 Å². The first-order valence-corrected chi connectivity index (χ1v) is 12.7. The van der Waals surface area contributed by atoms with E-state index in [1.54, 1.807) is 24.4 Å². The normalized spacial score (nSPS) is 25.9. The molecule has 0 saturated carbocycles. The van der Waals surface area contributed by atoms with Crippen LogP contribution in [0.15, 0.2) is 59.8 Å². The number of ether oxygens (including phenoxy) is 1. The Kier molecular flexibility index (Phi) is 7.03. The van der Waals surface area contributed by atoms with E-state index in [2.05, 4.69) is 4.98 Å². The first kappa shape index (κ1) is 24.4. The number of phenolic OH excluding ortho intramolecular Hbond substituents is 1. The number of aliphatic hydroxyl groups is 1. The van der Waals surface area contributed by atoms with Gasteiger partial charge in [0.1, 0.15) is 5.75 Å². The Hall–Kier alpha value is -3.29. The zero-order valence-corrected chi connectivity index (χ0v) is 20.5. The Morgan fingerprint density at radius 3 is 2.75 bits per heavy atom. The number of benzene rings is 1. The summed E-state index contributed by atoms with van der Waals surface area (Å²) in [6, 6.07) is 12.9. The molecule has 4 atom stereocenters. The molecule has 0 bridgehead atoms. The second-order valence-electron chi connectivity index (χ2n) is 9.83. The molecular weight excluding hydrogens is 456 g/mol. The lowest BCUT2D eigenvalue weighted by molar-refractivity contribution is -0.140. The van der Waals surface area contributed by atoms with Gasteiger partial charge >= 0.3 is 0 Å². The minimum Gasteiger partial charge on any atom is -0.508 e. The fourth-order valence-electron chi connectivity index (χ4n) is 6.06. The first-order chi connectivity index (χ1) is 17.5. The Morgan fingerprint density at radius 2 is 2.03 bits per heavy atom. The standard InChI is InChI=1S/C29H32N2O5/c1-2-12-31-28(34)22-15-20(16-32)26-23(27(22)29(31)35)17-36-25(26)10-9-19(24-8-3-4-11-30-24)13-18-6-5-7-21(33)14-18/h3-8,11,13-14,22-23,25,27,32-33H,2,9-10,12,15-17H2,1H3/b19-13-/t22-,23+,25-,27-/m1/s1. The predicted molar refractivity (Wildman–Crippen MR) is 135 cm³/mol. The molecular formula is C29H32N2O5. The minimum absolute atomic E-state index is 0.0893. The van der Waals surface area contributed by atoms with Gasteiger partial charge in [-0.1, -0.05) is 25.1 Å². The molecule has 7 nitrogen and oxygen atoms in total. The number of nitrogens with zero attached hydrogens (tertiary/aromatic N) is 2. The van der Waals surface area contributed by atoms with Crippen LogP contribution >= 0.6 is 0 Å². The van der Waals surface area contributed by atoms with Gasteiger partial charge in [-0.05, 0) is 78.3 Å². The number of aromatic nitrogens is 1. The second-order valence-corrected chi connectivity index (χ2v) is 9.83. The number of pyridine rings is 1. The number of aliphatic hydroxyl groups excluding tert-OH is 1. The van der Waals surface area contributed by atoms with Gasteiger partial charge in [-0.2, -0.15) is 0 Å². The number of rotatable bonds is 8. The maximum absolute atomic E-state index is 13.2. The van der Waals surface area contributed by atoms with Crippen LogP contribution in [-0.2, 0) is 14.3 Å². The van der Waals surface area contributed by atoms with Crippen molar-refractivity contribution in [2.45, 2.75) is 38.7 Å². The zero-order chi connectivity index (χ0) is 25.2. The molecule has 1 aromatic carbocycles. The molecule has 1 aromatic heterocycles. The van der Waals surface area contributed by atoms with Crippen LogP contribution in [0.5, 0.6) is 5.75 Å². The first-order valence-electron chi connectivity index (χ1n) is 12.7. The van der Waals surface area contributed by atoms with Gasteiger partial charge in [0.05, 0.1) is 36.8 Å². The number of fused-ring (bicyclic) bond motifs is 3. The number of hydrogen-bond donors (Lipinski definition) is 2. The van der Waals surface area contributed by atoms with Crippen LogP contribution in [0.4, 0.5) is 0 Å². The van der Waals surface area contributed by atoms with Crippen molar-refractivity contribution in [1.29, 1.82) is 0 Å². The molecule has 5 rings (SSSR count). The van der Waals surface area contributed by atoms with Gasteiger partial charge in [0, 0.05) is 18.7 Å². The number of carbonyl (C=O) groups excluding carboxylic acids is 2. The van der Waals surface area contributed by atoms with Crippen molar-refractivity contribution in [3.05, 3.63) is 71.1 Å². The van der Waals surface area contributed by atoms with Crippen LogP contribution in [0.25, 0.3) is 11.6 Å². The second kappa shape index (κ2) is 10.4. The Balaban J connectivity index is 1.40. The third-order valence-electron chi connectivity index (χ3n) is 7.62. The van der Waals surface area contributed by atoms with Crippen molar-refractivity contribution in [1.82, 2.24) is 9.88 Å². The molecule has 2 N–H and O–H groups in total. The number of phenols is 1. The monoisotopic (exact) mass is 488 g/mol. The molecule has 36 heavy (non-hydrogen) atoms. The van der Waals surface area contributed by atoms with Crippen molar-refractivity contribution >= 4 is 23.5 Å². The number of amides is 2. The zero-order valence-electron chi connectivity index (χ0n) is 20.5. The van der Waals surface area contributed by atoms with E-state index in [1.165, 1.54) is 4.90 Å². The summed E-state index contributed by atoms with van der Waals surface area (Å²) in [5, 5.41) is 20.1. The van der Waals surface area contributed by atoms with Gasteiger partial charge in [-0.15, -0.1) is 0 Å². The molecule has 3 aliphatic rings. The summed E-state index contributed by atoms with van der Waals surface area (Å²) >= 11 is 0. The summed E-state index contributed by atoms with van der Waals surface area (Å²) in [4.78, 5) is 32.1. The van der Waals surface area contributed by atoms with E-state index in [0.29, 0.717) is 32.4 Å². The fraction of sp³-hybridized carbons (Fsp3) is 0.414. The lowest BCUT2D eigenvalue weighted by Crippen LogP contribution is -2.35. The molecule has 188 valence electrons. The van der Waals surface area contributed by atoms with Crippen molar-refractivity contribution < 1.29 is 24.5 Å². The van der Waals surface area contributed by atoms with E-state index in [9.17, 15) is 19.8 Å². The fourth-order valence-corrected chi connectivity index (χ4v) is 6.06. The van der Waals surface area contributed by atoms with E-state index in [0.717, 1.165) is 34.4 Å². The van der Waals surface area contributed by atoms with E-state index in [-0.39, 0.29) is 36.2 Å². The molecule has 3 heterocycles. The molecule has 2 aliphatic heterocycles. The average Bonchev–Trinajstić information content (AvgIpc) is 3.41. The smallest absolute Gasteiger partial charge is 0.233 e. The largest absolute Gasteiger partial charge is 0.508 e. The number of aromatic hydroxyl groups is 1. The quantitative estimate of drug-likeness (QED) is 0.433. The van der Waals surface area contributed by atoms with Crippen LogP contribution < -0.4 is 0 Å². The molecule has 7 heteroatoms. The Labute approximate surface area is 211 Å². The van der Waals surface area contributed by atoms with Crippen LogP contribution in [0, 0.1) is 17.8 Å². The maximum Gasteiger partial charge on any atom is 0.233 e. The highest BCUT2D eigenvalue weighted by molar-refractivity contribution is 6.06. The summed E-state index contributed by atoms with van der Waals surface area (Å²) < 4.78 is 6.24. The lowest BCUT2D eigenvalue weighted by Gasteiger charge is -2.31. The summed E-state index contributed by atoms with van der Waals surface area (Å²) in [6.45, 7) is 2.66. The summed E-state index contributed by atoms with van der Waals surface area (Å²) in [7, 11) is 0. The molecule has 0 unspecified atom stereocenters. The minimum atomic E-state index is -0.392. The molecule has 2 fully saturated rings. The highest BCUT2D eigenvalue weighted by Gasteiger charge is 2.56. The van der Waals surface area contributed by atoms with E-state index in [4.69, 9.17) is 4.74 Å². The molecule has 2 amide bonds. The van der Waals surface area contributed by atoms with E-state index < -0.39 is 11.8 Å². The number of imide groups is 1. The average molecular weight is 489 g/mol. The van der Waals surface area contributed by atoms with Crippen molar-refractivity contribution in [2.24, 2.45) is 17.8 Å². The van der Waals surface area contributed by atoms with Gasteiger partial charge in [0.25, 0.3) is 0 Å². The van der Waals surface area contributed by atoms with E-state index >= 15 is 0 Å². The van der Waals surface area contributed by atoms with Crippen molar-refractivity contribution in [2.75, 3.05) is 19.8 Å². The third kappa shape index (κ3) is 4.49. The number of carbonyl (C=O) groups is 2. The maximum atomic E-state index is 13.2. The highest BCUT2D eigenvalue weighted by Crippen LogP contribution is 2.49. The van der Waals surface area contributed by atoms with Crippen LogP contribution in [0.2, 0.25) is 0 Å². The molecule has 2 saturated heterocycles. The summed E-state index contributed by atoms with van der Waals surface area (Å²) in [5.74, 6) is -0.939. The summed E-state index contributed by atoms with van der Waals surface area (Å²) in [5.41, 5.74) is 4.59. The Morgan fingerprint density at radius 1 is 1.17 bits per heavy atom. The van der Waals surface area contributed by atoms with Gasteiger partial charge in [-0.3, -0.25) is 19.5 Å². The number of likely N-dealkylation sites (tertiary alicyclic amines) is 1. The third-order valence-corrected chi connectivity index (χ3v) is 7.62. The molecule has 1 aliphatic carbocycles. The predicted octanol–water partition coefficient (Wildman–Crippen LogP) is 3.83. The van der Waals surface area contributed by atoms with Crippen molar-refractivity contribution in [3.8, 4) is 5.75 Å². The van der Waals surface area contributed by atoms with E-state index in [1.807, 2.05) is 37.3 Å². The van der Waals surface area contributed by atoms with Gasteiger partial charge in [0.2, 0.25) is 11.8 Å². The molecule has 0 radical (unpaired) electrons. The van der Waals surface area contributed by atoms with Gasteiger partial charge in [0.15, 0.2) is 0 Å². The SMILES string of the molecule is CCCN1C(=O)[C@@H]2[C@@H](CC(CO)=C3[C@@H](CC/C(=C/c4cccc(O)c4)c4ccccn4)OC[C@@H]32)C1=O. The van der Waals surface area contributed by atoms with Crippen LogP contribution in [-0.4, -0.2) is 57.8 Å². The summed E-state index contributed by atoms with van der Waals surface area (Å²) in [6.07, 6.45) is 6.03. The van der Waals surface area contributed by atoms with Crippen LogP contribution in [0.3, 0.4) is 0 Å². The Bertz CT molecular complexity index is 1210. The molecule has 2 aromatic rings. The van der Waals surface area contributed by atoms with Gasteiger partial charge in [-0.25, -0.2) is 0 Å². The lowest BCUT2D eigenvalue weighted by atomic mass is 9.69. The topological polar surface area (TPSA) is 100.0 Å². The van der Waals surface area contributed by atoms with Crippen LogP contribution in [0.1, 0.15) is 43.9 Å². The van der Waals surface area contributed by atoms with Crippen molar-refractivity contribution in [3.63, 3.8) is 0 Å². The number of hydrogen-bond acceptors (Lipinski definition) is 6. The molecule has 0 spiro atoms. The highest BCUT2D eigenvalue weighted by atomic mass is 16.5. The number of allylic oxidation sites excluding steroid dienone is 1.